The van der Waals surface area contributed by atoms with Crippen LogP contribution in [0.25, 0.3) is 6.08 Å². The SMILES string of the molecule is O=C(C=Cc1ccc(Cl)cc1)NCCCc1ccc(O)cc1. The lowest BCUT2D eigenvalue weighted by Gasteiger charge is -2.03. The normalized spacial score (nSPS) is 10.8. The van der Waals surface area contributed by atoms with E-state index in [2.05, 4.69) is 5.32 Å². The Morgan fingerprint density at radius 2 is 1.77 bits per heavy atom. The van der Waals surface area contributed by atoms with Gasteiger partial charge in [0.05, 0.1) is 0 Å². The smallest absolute Gasteiger partial charge is 0.243 e. The predicted octanol–water partition coefficient (Wildman–Crippen LogP) is 3.81. The molecule has 0 aromatic heterocycles. The Labute approximate surface area is 135 Å². The van der Waals surface area contributed by atoms with Crippen LogP contribution >= 0.6 is 11.6 Å². The van der Waals surface area contributed by atoms with Crippen LogP contribution in [0.2, 0.25) is 5.02 Å². The van der Waals surface area contributed by atoms with Crippen molar-refractivity contribution in [1.29, 1.82) is 0 Å². The highest BCUT2D eigenvalue weighted by molar-refractivity contribution is 6.30. The molecule has 0 aliphatic heterocycles. The fourth-order valence-electron chi connectivity index (χ4n) is 1.97. The summed E-state index contributed by atoms with van der Waals surface area (Å²) in [4.78, 5) is 11.7. The first kappa shape index (κ1) is 16.1. The van der Waals surface area contributed by atoms with Gasteiger partial charge in [-0.05, 0) is 54.3 Å². The van der Waals surface area contributed by atoms with Crippen LogP contribution in [0.5, 0.6) is 5.75 Å². The van der Waals surface area contributed by atoms with E-state index in [4.69, 9.17) is 11.6 Å². The summed E-state index contributed by atoms with van der Waals surface area (Å²) in [6.07, 6.45) is 4.99. The van der Waals surface area contributed by atoms with Gasteiger partial charge in [-0.2, -0.15) is 0 Å². The van der Waals surface area contributed by atoms with E-state index >= 15 is 0 Å². The van der Waals surface area contributed by atoms with E-state index < -0.39 is 0 Å². The molecule has 2 N–H and O–H groups in total. The van der Waals surface area contributed by atoms with E-state index in [0.717, 1.165) is 24.0 Å². The van der Waals surface area contributed by atoms with E-state index in [1.807, 2.05) is 24.3 Å². The number of carbonyl (C=O) groups is 1. The van der Waals surface area contributed by atoms with Crippen LogP contribution in [-0.4, -0.2) is 17.6 Å². The van der Waals surface area contributed by atoms with Crippen molar-refractivity contribution in [3.63, 3.8) is 0 Å². The first-order chi connectivity index (χ1) is 10.6. The maximum absolute atomic E-state index is 11.7. The zero-order valence-electron chi connectivity index (χ0n) is 12.1. The molecule has 1 amide bonds. The van der Waals surface area contributed by atoms with Crippen LogP contribution in [0.15, 0.2) is 54.6 Å². The number of rotatable bonds is 6. The summed E-state index contributed by atoms with van der Waals surface area (Å²) in [7, 11) is 0. The van der Waals surface area contributed by atoms with Crippen molar-refractivity contribution in [2.45, 2.75) is 12.8 Å². The zero-order valence-corrected chi connectivity index (χ0v) is 12.9. The van der Waals surface area contributed by atoms with Gasteiger partial charge in [0.15, 0.2) is 0 Å². The second kappa shape index (κ2) is 8.25. The average molecular weight is 316 g/mol. The van der Waals surface area contributed by atoms with Crippen molar-refractivity contribution < 1.29 is 9.90 Å². The van der Waals surface area contributed by atoms with Gasteiger partial charge in [0, 0.05) is 17.6 Å². The Balaban J connectivity index is 1.69. The lowest BCUT2D eigenvalue weighted by atomic mass is 10.1. The fourth-order valence-corrected chi connectivity index (χ4v) is 2.10. The number of benzene rings is 2. The largest absolute Gasteiger partial charge is 0.508 e. The molecule has 0 spiro atoms. The molecule has 0 aliphatic rings. The van der Waals surface area contributed by atoms with Gasteiger partial charge in [-0.3, -0.25) is 4.79 Å². The molecule has 0 fully saturated rings. The molecule has 2 aromatic rings. The summed E-state index contributed by atoms with van der Waals surface area (Å²) < 4.78 is 0. The molecular weight excluding hydrogens is 298 g/mol. The quantitative estimate of drug-likeness (QED) is 0.629. The summed E-state index contributed by atoms with van der Waals surface area (Å²) >= 11 is 5.80. The number of carbonyl (C=O) groups excluding carboxylic acids is 1. The van der Waals surface area contributed by atoms with Crippen molar-refractivity contribution in [2.24, 2.45) is 0 Å². The molecule has 0 atom stereocenters. The minimum Gasteiger partial charge on any atom is -0.508 e. The number of halogens is 1. The first-order valence-electron chi connectivity index (χ1n) is 7.13. The highest BCUT2D eigenvalue weighted by Crippen LogP contribution is 2.11. The van der Waals surface area contributed by atoms with Crippen LogP contribution in [0, 0.1) is 0 Å². The number of phenolic OH excluding ortho intramolecular Hbond substituents is 1. The third-order valence-electron chi connectivity index (χ3n) is 3.17. The number of hydrogen-bond donors (Lipinski definition) is 2. The molecule has 0 bridgehead atoms. The van der Waals surface area contributed by atoms with Crippen molar-refractivity contribution in [1.82, 2.24) is 5.32 Å². The second-order valence-electron chi connectivity index (χ2n) is 4.95. The van der Waals surface area contributed by atoms with Crippen LogP contribution in [0.1, 0.15) is 17.5 Å². The molecule has 0 unspecified atom stereocenters. The predicted molar refractivity (Wildman–Crippen MR) is 89.9 cm³/mol. The van der Waals surface area contributed by atoms with E-state index in [1.165, 1.54) is 6.08 Å². The molecule has 0 radical (unpaired) electrons. The van der Waals surface area contributed by atoms with Gasteiger partial charge in [0.2, 0.25) is 5.91 Å². The van der Waals surface area contributed by atoms with Crippen LogP contribution in [0.3, 0.4) is 0 Å². The molecule has 2 aromatic carbocycles. The zero-order chi connectivity index (χ0) is 15.8. The topological polar surface area (TPSA) is 49.3 Å². The molecule has 22 heavy (non-hydrogen) atoms. The van der Waals surface area contributed by atoms with Crippen molar-refractivity contribution in [3.05, 3.63) is 70.8 Å². The lowest BCUT2D eigenvalue weighted by Crippen LogP contribution is -2.22. The van der Waals surface area contributed by atoms with E-state index in [-0.39, 0.29) is 11.7 Å². The summed E-state index contributed by atoms with van der Waals surface area (Å²) in [5.74, 6) is 0.157. The number of nitrogens with one attached hydrogen (secondary N) is 1. The Hall–Kier alpha value is -2.26. The van der Waals surface area contributed by atoms with Gasteiger partial charge < -0.3 is 10.4 Å². The molecular formula is C18H18ClNO2. The van der Waals surface area contributed by atoms with E-state index in [9.17, 15) is 9.90 Å². The van der Waals surface area contributed by atoms with Gasteiger partial charge >= 0.3 is 0 Å². The molecule has 3 nitrogen and oxygen atoms in total. The van der Waals surface area contributed by atoms with Crippen molar-refractivity contribution >= 4 is 23.6 Å². The lowest BCUT2D eigenvalue weighted by molar-refractivity contribution is -0.116. The van der Waals surface area contributed by atoms with Gasteiger partial charge in [-0.1, -0.05) is 35.9 Å². The van der Waals surface area contributed by atoms with Crippen LogP contribution < -0.4 is 5.32 Å². The number of phenols is 1. The number of amides is 1. The Morgan fingerprint density at radius 3 is 2.45 bits per heavy atom. The van der Waals surface area contributed by atoms with Gasteiger partial charge in [-0.25, -0.2) is 0 Å². The first-order valence-corrected chi connectivity index (χ1v) is 7.51. The van der Waals surface area contributed by atoms with Crippen LogP contribution in [-0.2, 0) is 11.2 Å². The third kappa shape index (κ3) is 5.62. The molecule has 4 heteroatoms. The monoisotopic (exact) mass is 315 g/mol. The summed E-state index contributed by atoms with van der Waals surface area (Å²) in [6, 6.07) is 14.4. The van der Waals surface area contributed by atoms with Gasteiger partial charge in [0.1, 0.15) is 5.75 Å². The third-order valence-corrected chi connectivity index (χ3v) is 3.43. The van der Waals surface area contributed by atoms with Crippen LogP contribution in [0.4, 0.5) is 0 Å². The number of hydrogen-bond acceptors (Lipinski definition) is 2. The molecule has 0 aliphatic carbocycles. The Morgan fingerprint density at radius 1 is 1.09 bits per heavy atom. The summed E-state index contributed by atoms with van der Waals surface area (Å²) in [5, 5.41) is 12.7. The molecule has 2 rings (SSSR count). The maximum atomic E-state index is 11.7. The van der Waals surface area contributed by atoms with Crippen molar-refractivity contribution in [2.75, 3.05) is 6.54 Å². The highest BCUT2D eigenvalue weighted by atomic mass is 35.5. The maximum Gasteiger partial charge on any atom is 0.243 e. The standard InChI is InChI=1S/C18H18ClNO2/c19-16-8-3-15(4-9-16)7-12-18(22)20-13-1-2-14-5-10-17(21)11-6-14/h3-12,21H,1-2,13H2,(H,20,22). The van der Waals surface area contributed by atoms with Gasteiger partial charge in [0.25, 0.3) is 0 Å². The van der Waals surface area contributed by atoms with E-state index in [0.29, 0.717) is 11.6 Å². The fraction of sp³-hybridized carbons (Fsp3) is 0.167. The number of aromatic hydroxyl groups is 1. The molecule has 0 saturated heterocycles. The molecule has 0 heterocycles. The van der Waals surface area contributed by atoms with E-state index in [1.54, 1.807) is 30.3 Å². The minimum absolute atomic E-state index is 0.111. The number of aryl methyl sites for hydroxylation is 1. The summed E-state index contributed by atoms with van der Waals surface area (Å²) in [6.45, 7) is 0.616. The Bertz CT molecular complexity index is 633. The highest BCUT2D eigenvalue weighted by Gasteiger charge is 1.97. The minimum atomic E-state index is -0.111. The van der Waals surface area contributed by atoms with Gasteiger partial charge in [-0.15, -0.1) is 0 Å². The molecule has 114 valence electrons. The van der Waals surface area contributed by atoms with Crippen molar-refractivity contribution in [3.8, 4) is 5.75 Å². The second-order valence-corrected chi connectivity index (χ2v) is 5.38. The molecule has 0 saturated carbocycles. The summed E-state index contributed by atoms with van der Waals surface area (Å²) in [5.41, 5.74) is 2.08. The average Bonchev–Trinajstić information content (AvgIpc) is 2.53. The Kier molecular flexibility index (Phi) is 6.04.